The van der Waals surface area contributed by atoms with Gasteiger partial charge in [0.05, 0.1) is 6.54 Å². The Morgan fingerprint density at radius 2 is 2.15 bits per heavy atom. The summed E-state index contributed by atoms with van der Waals surface area (Å²) in [6.07, 6.45) is 0. The van der Waals surface area contributed by atoms with Gasteiger partial charge in [0.25, 0.3) is 0 Å². The van der Waals surface area contributed by atoms with Crippen LogP contribution >= 0.6 is 0 Å². The van der Waals surface area contributed by atoms with Gasteiger partial charge in [0.1, 0.15) is 18.2 Å². The third kappa shape index (κ3) is 5.00. The Bertz CT molecular complexity index is 439. The molecule has 1 heterocycles. The molecule has 0 aromatic carbocycles. The van der Waals surface area contributed by atoms with E-state index < -0.39 is 0 Å². The van der Waals surface area contributed by atoms with Gasteiger partial charge in [0, 0.05) is 33.3 Å². The fourth-order valence-electron chi connectivity index (χ4n) is 1.61. The highest BCUT2D eigenvalue weighted by Crippen LogP contribution is 2.14. The number of aromatic nitrogens is 2. The summed E-state index contributed by atoms with van der Waals surface area (Å²) in [5.41, 5.74) is 0. The summed E-state index contributed by atoms with van der Waals surface area (Å²) in [6, 6.07) is 1.80. The Balaban J connectivity index is 2.83. The molecule has 2 N–H and O–H groups in total. The maximum atomic E-state index is 11.6. The highest BCUT2D eigenvalue weighted by atomic mass is 16.5. The number of hydrogen-bond donors (Lipinski definition) is 2. The predicted molar refractivity (Wildman–Crippen MR) is 78.9 cm³/mol. The third-order valence-corrected chi connectivity index (χ3v) is 2.60. The van der Waals surface area contributed by atoms with Crippen molar-refractivity contribution in [3.05, 3.63) is 11.9 Å². The molecule has 0 unspecified atom stereocenters. The molecule has 0 fully saturated rings. The molecule has 1 aromatic heterocycles. The largest absolute Gasteiger partial charge is 0.374 e. The van der Waals surface area contributed by atoms with Gasteiger partial charge in [0.15, 0.2) is 5.82 Å². The molecule has 1 amide bonds. The average Bonchev–Trinajstić information content (AvgIpc) is 2.44. The van der Waals surface area contributed by atoms with Crippen LogP contribution < -0.4 is 15.5 Å². The standard InChI is InChI=1S/C13H23N5O2/c1-5-15-13(19)8-18(4)12-7-10(14-3)16-11(17-12)9-20-6-2/h7H,5-6,8-9H2,1-4H3,(H,15,19)(H,14,16,17). The quantitative estimate of drug-likeness (QED) is 0.727. The number of nitrogens with zero attached hydrogens (tertiary/aromatic N) is 3. The molecule has 1 rings (SSSR count). The van der Waals surface area contributed by atoms with Gasteiger partial charge in [-0.15, -0.1) is 0 Å². The van der Waals surface area contributed by atoms with E-state index in [0.717, 1.165) is 0 Å². The lowest BCUT2D eigenvalue weighted by molar-refractivity contribution is -0.119. The molecule has 1 aromatic rings. The summed E-state index contributed by atoms with van der Waals surface area (Å²) in [5.74, 6) is 1.94. The zero-order valence-corrected chi connectivity index (χ0v) is 12.6. The second-order valence-electron chi connectivity index (χ2n) is 4.22. The summed E-state index contributed by atoms with van der Waals surface area (Å²) in [4.78, 5) is 22.1. The molecule has 0 aliphatic heterocycles. The van der Waals surface area contributed by atoms with Crippen molar-refractivity contribution in [2.24, 2.45) is 0 Å². The number of carbonyl (C=O) groups is 1. The molecule has 0 spiro atoms. The van der Waals surface area contributed by atoms with Gasteiger partial charge in [-0.2, -0.15) is 0 Å². The van der Waals surface area contributed by atoms with Crippen LogP contribution in [-0.4, -0.2) is 49.7 Å². The first-order valence-corrected chi connectivity index (χ1v) is 6.72. The topological polar surface area (TPSA) is 79.4 Å². The van der Waals surface area contributed by atoms with Crippen molar-refractivity contribution >= 4 is 17.5 Å². The minimum atomic E-state index is -0.0361. The van der Waals surface area contributed by atoms with E-state index in [2.05, 4.69) is 20.6 Å². The molecule has 0 aliphatic rings. The highest BCUT2D eigenvalue weighted by Gasteiger charge is 2.11. The first-order chi connectivity index (χ1) is 9.60. The molecule has 0 saturated carbocycles. The van der Waals surface area contributed by atoms with E-state index in [1.54, 1.807) is 18.0 Å². The number of amides is 1. The number of nitrogens with one attached hydrogen (secondary N) is 2. The Labute approximate surface area is 119 Å². The fraction of sp³-hybridized carbons (Fsp3) is 0.615. The Morgan fingerprint density at radius 1 is 1.40 bits per heavy atom. The lowest BCUT2D eigenvalue weighted by Gasteiger charge is -2.19. The van der Waals surface area contributed by atoms with Crippen LogP contribution in [0.15, 0.2) is 6.07 Å². The van der Waals surface area contributed by atoms with Crippen molar-refractivity contribution in [2.45, 2.75) is 20.5 Å². The number of anilines is 2. The zero-order valence-electron chi connectivity index (χ0n) is 12.6. The number of likely N-dealkylation sites (N-methyl/N-ethyl adjacent to an activating group) is 2. The lowest BCUT2D eigenvalue weighted by atomic mass is 10.4. The van der Waals surface area contributed by atoms with E-state index in [9.17, 15) is 4.79 Å². The van der Waals surface area contributed by atoms with Crippen LogP contribution in [-0.2, 0) is 16.1 Å². The van der Waals surface area contributed by atoms with Crippen molar-refractivity contribution in [3.63, 3.8) is 0 Å². The Hall–Kier alpha value is -1.89. The van der Waals surface area contributed by atoms with Crippen molar-refractivity contribution in [1.82, 2.24) is 15.3 Å². The smallest absolute Gasteiger partial charge is 0.239 e. The third-order valence-electron chi connectivity index (χ3n) is 2.60. The van der Waals surface area contributed by atoms with Gasteiger partial charge >= 0.3 is 0 Å². The molecule has 20 heavy (non-hydrogen) atoms. The van der Waals surface area contributed by atoms with E-state index in [4.69, 9.17) is 4.74 Å². The lowest BCUT2D eigenvalue weighted by Crippen LogP contribution is -2.35. The van der Waals surface area contributed by atoms with Crippen LogP contribution in [0.4, 0.5) is 11.6 Å². The van der Waals surface area contributed by atoms with Crippen LogP contribution in [0, 0.1) is 0 Å². The van der Waals surface area contributed by atoms with Crippen LogP contribution in [0.1, 0.15) is 19.7 Å². The summed E-state index contributed by atoms with van der Waals surface area (Å²) >= 11 is 0. The second kappa shape index (κ2) is 8.31. The van der Waals surface area contributed by atoms with E-state index in [0.29, 0.717) is 37.2 Å². The first kappa shape index (κ1) is 16.2. The normalized spacial score (nSPS) is 10.2. The number of ether oxygens (including phenoxy) is 1. The van der Waals surface area contributed by atoms with E-state index >= 15 is 0 Å². The van der Waals surface area contributed by atoms with Gasteiger partial charge < -0.3 is 20.3 Å². The molecule has 0 saturated heterocycles. The van der Waals surface area contributed by atoms with Crippen molar-refractivity contribution in [2.75, 3.05) is 44.0 Å². The second-order valence-corrected chi connectivity index (χ2v) is 4.22. The minimum absolute atomic E-state index is 0.0361. The van der Waals surface area contributed by atoms with Gasteiger partial charge in [0.2, 0.25) is 5.91 Å². The van der Waals surface area contributed by atoms with E-state index in [1.165, 1.54) is 0 Å². The van der Waals surface area contributed by atoms with Gasteiger partial charge in [-0.05, 0) is 13.8 Å². The molecule has 0 aliphatic carbocycles. The van der Waals surface area contributed by atoms with Gasteiger partial charge in [-0.25, -0.2) is 9.97 Å². The number of rotatable bonds is 8. The zero-order chi connectivity index (χ0) is 15.0. The molecular weight excluding hydrogens is 258 g/mol. The van der Waals surface area contributed by atoms with Crippen LogP contribution in [0.2, 0.25) is 0 Å². The highest BCUT2D eigenvalue weighted by molar-refractivity contribution is 5.80. The summed E-state index contributed by atoms with van der Waals surface area (Å²) in [5, 5.41) is 5.74. The molecule has 0 radical (unpaired) electrons. The molecule has 7 heteroatoms. The summed E-state index contributed by atoms with van der Waals surface area (Å²) in [6.45, 7) is 5.65. The molecule has 0 atom stereocenters. The first-order valence-electron chi connectivity index (χ1n) is 6.72. The van der Waals surface area contributed by atoms with Crippen molar-refractivity contribution in [3.8, 4) is 0 Å². The molecule has 7 nitrogen and oxygen atoms in total. The maximum absolute atomic E-state index is 11.6. The number of carbonyl (C=O) groups excluding carboxylic acids is 1. The van der Waals surface area contributed by atoms with Crippen LogP contribution in [0.25, 0.3) is 0 Å². The Morgan fingerprint density at radius 3 is 2.75 bits per heavy atom. The summed E-state index contributed by atoms with van der Waals surface area (Å²) < 4.78 is 5.32. The van der Waals surface area contributed by atoms with Gasteiger partial charge in [-0.3, -0.25) is 4.79 Å². The SMILES string of the molecule is CCNC(=O)CN(C)c1cc(NC)nc(COCC)n1. The molecule has 0 bridgehead atoms. The maximum Gasteiger partial charge on any atom is 0.239 e. The van der Waals surface area contributed by atoms with Crippen molar-refractivity contribution < 1.29 is 9.53 Å². The van der Waals surface area contributed by atoms with Crippen LogP contribution in [0.5, 0.6) is 0 Å². The average molecular weight is 281 g/mol. The predicted octanol–water partition coefficient (Wildman–Crippen LogP) is 0.627. The van der Waals surface area contributed by atoms with E-state index in [1.807, 2.05) is 20.9 Å². The van der Waals surface area contributed by atoms with E-state index in [-0.39, 0.29) is 12.5 Å². The van der Waals surface area contributed by atoms with Gasteiger partial charge in [-0.1, -0.05) is 0 Å². The molecular formula is C13H23N5O2. The minimum Gasteiger partial charge on any atom is -0.374 e. The molecule has 112 valence electrons. The summed E-state index contributed by atoms with van der Waals surface area (Å²) in [7, 11) is 3.61. The Kier molecular flexibility index (Phi) is 6.72. The number of hydrogen-bond acceptors (Lipinski definition) is 6. The van der Waals surface area contributed by atoms with Crippen molar-refractivity contribution in [1.29, 1.82) is 0 Å². The fourth-order valence-corrected chi connectivity index (χ4v) is 1.61. The monoisotopic (exact) mass is 281 g/mol. The van der Waals surface area contributed by atoms with Crippen LogP contribution in [0.3, 0.4) is 0 Å².